The van der Waals surface area contributed by atoms with E-state index in [4.69, 9.17) is 11.6 Å². The molecule has 0 aliphatic carbocycles. The molecule has 0 saturated heterocycles. The summed E-state index contributed by atoms with van der Waals surface area (Å²) < 4.78 is 28.1. The summed E-state index contributed by atoms with van der Waals surface area (Å²) in [6, 6.07) is 9.89. The van der Waals surface area contributed by atoms with Gasteiger partial charge in [-0.05, 0) is 51.1 Å². The van der Waals surface area contributed by atoms with Crippen LogP contribution in [-0.4, -0.2) is 20.0 Å². The van der Waals surface area contributed by atoms with Gasteiger partial charge >= 0.3 is 0 Å². The van der Waals surface area contributed by atoms with Crippen molar-refractivity contribution in [2.75, 3.05) is 4.72 Å². The molecule has 5 nitrogen and oxygen atoms in total. The van der Waals surface area contributed by atoms with Gasteiger partial charge in [-0.15, -0.1) is 0 Å². The molecule has 0 aliphatic heterocycles. The standard InChI is InChI=1S/C23H22ClNO4S/c1-5-17(7-6-15(2)3)23(27)21-14-19(24)10-13-22(21)25-30(28,29)20-11-8-18(9-12-20)16(4)26/h5-14,25H,2H2,1,3-4H3/b7-6-,17-5+. The molecule has 1 N–H and O–H groups in total. The molecular formula is C23H22ClNO4S. The van der Waals surface area contributed by atoms with Crippen LogP contribution in [0.2, 0.25) is 5.02 Å². The van der Waals surface area contributed by atoms with Crippen LogP contribution in [0.15, 0.2) is 83.3 Å². The highest BCUT2D eigenvalue weighted by Gasteiger charge is 2.20. The maximum atomic E-state index is 13.0. The van der Waals surface area contributed by atoms with Gasteiger partial charge in [0.1, 0.15) is 0 Å². The van der Waals surface area contributed by atoms with Crippen LogP contribution in [0.25, 0.3) is 0 Å². The molecule has 0 atom stereocenters. The second kappa shape index (κ2) is 9.69. The van der Waals surface area contributed by atoms with Gasteiger partial charge in [0.15, 0.2) is 11.6 Å². The maximum absolute atomic E-state index is 13.0. The minimum Gasteiger partial charge on any atom is -0.295 e. The first kappa shape index (κ1) is 23.3. The van der Waals surface area contributed by atoms with Gasteiger partial charge in [-0.2, -0.15) is 0 Å². The summed E-state index contributed by atoms with van der Waals surface area (Å²) in [5, 5.41) is 0.298. The van der Waals surface area contributed by atoms with Gasteiger partial charge in [-0.1, -0.05) is 54.1 Å². The van der Waals surface area contributed by atoms with E-state index in [9.17, 15) is 18.0 Å². The Morgan fingerprint density at radius 3 is 2.20 bits per heavy atom. The van der Waals surface area contributed by atoms with Gasteiger partial charge in [-0.3, -0.25) is 14.3 Å². The summed E-state index contributed by atoms with van der Waals surface area (Å²) >= 11 is 6.06. The average Bonchev–Trinajstić information content (AvgIpc) is 2.69. The number of carbonyl (C=O) groups excluding carboxylic acids is 2. The van der Waals surface area contributed by atoms with Crippen molar-refractivity contribution < 1.29 is 18.0 Å². The van der Waals surface area contributed by atoms with E-state index < -0.39 is 10.0 Å². The summed E-state index contributed by atoms with van der Waals surface area (Å²) in [6.45, 7) is 8.67. The van der Waals surface area contributed by atoms with Crippen LogP contribution < -0.4 is 4.72 Å². The molecule has 0 bridgehead atoms. The van der Waals surface area contributed by atoms with Crippen LogP contribution in [-0.2, 0) is 10.0 Å². The number of benzene rings is 2. The highest BCUT2D eigenvalue weighted by molar-refractivity contribution is 7.92. The fourth-order valence-corrected chi connectivity index (χ4v) is 3.81. The highest BCUT2D eigenvalue weighted by atomic mass is 35.5. The number of halogens is 1. The monoisotopic (exact) mass is 443 g/mol. The molecule has 0 spiro atoms. The van der Waals surface area contributed by atoms with Crippen molar-refractivity contribution in [1.82, 2.24) is 0 Å². The first-order valence-corrected chi connectivity index (χ1v) is 10.9. The van der Waals surface area contributed by atoms with Gasteiger partial charge in [0.25, 0.3) is 10.0 Å². The molecule has 2 aromatic rings. The van der Waals surface area contributed by atoms with Crippen molar-refractivity contribution >= 4 is 38.9 Å². The van der Waals surface area contributed by atoms with Gasteiger partial charge in [0.05, 0.1) is 10.6 Å². The molecule has 0 saturated carbocycles. The first-order valence-electron chi connectivity index (χ1n) is 9.03. The van der Waals surface area contributed by atoms with E-state index >= 15 is 0 Å². The lowest BCUT2D eigenvalue weighted by Crippen LogP contribution is -2.16. The molecule has 0 heterocycles. The lowest BCUT2D eigenvalue weighted by Gasteiger charge is -2.13. The molecule has 0 radical (unpaired) electrons. The quantitative estimate of drug-likeness (QED) is 0.327. The van der Waals surface area contributed by atoms with Gasteiger partial charge < -0.3 is 0 Å². The summed E-state index contributed by atoms with van der Waals surface area (Å²) in [5.74, 6) is -0.554. The minimum atomic E-state index is -3.99. The van der Waals surface area contributed by atoms with Crippen LogP contribution in [0.3, 0.4) is 0 Å². The number of ketones is 2. The van der Waals surface area contributed by atoms with Crippen molar-refractivity contribution in [2.45, 2.75) is 25.7 Å². The smallest absolute Gasteiger partial charge is 0.261 e. The van der Waals surface area contributed by atoms with E-state index in [1.165, 1.54) is 49.4 Å². The van der Waals surface area contributed by atoms with Crippen molar-refractivity contribution in [3.05, 3.63) is 94.6 Å². The lowest BCUT2D eigenvalue weighted by molar-refractivity contribution is 0.101. The molecule has 156 valence electrons. The topological polar surface area (TPSA) is 80.3 Å². The van der Waals surface area contributed by atoms with Crippen molar-refractivity contribution in [3.8, 4) is 0 Å². The SMILES string of the molecule is C=C(C)/C=C\C(=C/C)C(=O)c1cc(Cl)ccc1NS(=O)(=O)c1ccc(C(C)=O)cc1. The van der Waals surface area contributed by atoms with E-state index in [0.717, 1.165) is 5.57 Å². The Morgan fingerprint density at radius 1 is 1.03 bits per heavy atom. The largest absolute Gasteiger partial charge is 0.295 e. The normalized spacial score (nSPS) is 12.1. The van der Waals surface area contributed by atoms with Crippen molar-refractivity contribution in [2.24, 2.45) is 0 Å². The second-order valence-electron chi connectivity index (χ2n) is 6.63. The molecule has 2 rings (SSSR count). The van der Waals surface area contributed by atoms with E-state index in [1.807, 2.05) is 0 Å². The third kappa shape index (κ3) is 5.78. The van der Waals surface area contributed by atoms with E-state index in [1.54, 1.807) is 32.1 Å². The number of allylic oxidation sites excluding steroid dienone is 5. The average molecular weight is 444 g/mol. The lowest BCUT2D eigenvalue weighted by atomic mass is 10.0. The number of hydrogen-bond donors (Lipinski definition) is 1. The number of hydrogen-bond acceptors (Lipinski definition) is 4. The summed E-state index contributed by atoms with van der Waals surface area (Å²) in [7, 11) is -3.99. The van der Waals surface area contributed by atoms with E-state index in [-0.39, 0.29) is 27.7 Å². The van der Waals surface area contributed by atoms with Crippen LogP contribution >= 0.6 is 11.6 Å². The number of rotatable bonds is 8. The zero-order chi connectivity index (χ0) is 22.5. The highest BCUT2D eigenvalue weighted by Crippen LogP contribution is 2.26. The van der Waals surface area contributed by atoms with Crippen LogP contribution in [0.5, 0.6) is 0 Å². The maximum Gasteiger partial charge on any atom is 0.261 e. The third-order valence-corrected chi connectivity index (χ3v) is 5.78. The minimum absolute atomic E-state index is 0.0331. The molecule has 2 aromatic carbocycles. The molecule has 0 aliphatic rings. The zero-order valence-corrected chi connectivity index (χ0v) is 18.5. The van der Waals surface area contributed by atoms with Crippen molar-refractivity contribution in [1.29, 1.82) is 0 Å². The Balaban J connectivity index is 2.44. The molecular weight excluding hydrogens is 422 g/mol. The number of Topliss-reactive ketones (excluding diaryl/α,β-unsaturated/α-hetero) is 2. The summed E-state index contributed by atoms with van der Waals surface area (Å²) in [4.78, 5) is 24.4. The van der Waals surface area contributed by atoms with Gasteiger partial charge in [0, 0.05) is 21.7 Å². The summed E-state index contributed by atoms with van der Waals surface area (Å²) in [5.41, 5.74) is 1.75. The number of sulfonamides is 1. The zero-order valence-electron chi connectivity index (χ0n) is 16.9. The molecule has 0 unspecified atom stereocenters. The second-order valence-corrected chi connectivity index (χ2v) is 8.75. The summed E-state index contributed by atoms with van der Waals surface area (Å²) in [6.07, 6.45) is 4.93. The number of nitrogens with one attached hydrogen (secondary N) is 1. The first-order chi connectivity index (χ1) is 14.0. The van der Waals surface area contributed by atoms with Crippen LogP contribution in [0.1, 0.15) is 41.5 Å². The van der Waals surface area contributed by atoms with E-state index in [0.29, 0.717) is 16.2 Å². The molecule has 30 heavy (non-hydrogen) atoms. The van der Waals surface area contributed by atoms with Crippen LogP contribution in [0.4, 0.5) is 5.69 Å². The fraction of sp³-hybridized carbons (Fsp3) is 0.130. The third-order valence-electron chi connectivity index (χ3n) is 4.16. The van der Waals surface area contributed by atoms with Crippen molar-refractivity contribution in [3.63, 3.8) is 0 Å². The Kier molecular flexibility index (Phi) is 7.54. The molecule has 7 heteroatoms. The Morgan fingerprint density at radius 2 is 1.67 bits per heavy atom. The Labute approximate surface area is 181 Å². The molecule has 0 amide bonds. The Hall–Kier alpha value is -2.96. The predicted octanol–water partition coefficient (Wildman–Crippen LogP) is 5.60. The number of carbonyl (C=O) groups is 2. The molecule has 0 aromatic heterocycles. The van der Waals surface area contributed by atoms with Gasteiger partial charge in [0.2, 0.25) is 0 Å². The Bertz CT molecular complexity index is 1160. The molecule has 0 fully saturated rings. The van der Waals surface area contributed by atoms with E-state index in [2.05, 4.69) is 11.3 Å². The van der Waals surface area contributed by atoms with Gasteiger partial charge in [-0.25, -0.2) is 8.42 Å². The van der Waals surface area contributed by atoms with Crippen LogP contribution in [0, 0.1) is 0 Å². The number of anilines is 1. The fourth-order valence-electron chi connectivity index (χ4n) is 2.56. The predicted molar refractivity (Wildman–Crippen MR) is 121 cm³/mol.